The Morgan fingerprint density at radius 1 is 0.944 bits per heavy atom. The number of hydrogen-bond donors (Lipinski definition) is 1. The average Bonchev–Trinajstić information content (AvgIpc) is 2.87. The van der Waals surface area contributed by atoms with E-state index in [-0.39, 0.29) is 6.61 Å². The normalized spacial score (nSPS) is 10.7. The minimum Gasteiger partial charge on any atom is -0.493 e. The van der Waals surface area contributed by atoms with Crippen LogP contribution >= 0.6 is 34.8 Å². The molecule has 0 unspecified atom stereocenters. The molecule has 0 fully saturated rings. The van der Waals surface area contributed by atoms with Crippen LogP contribution in [0.3, 0.4) is 0 Å². The Morgan fingerprint density at radius 2 is 1.72 bits per heavy atom. The quantitative estimate of drug-likeness (QED) is 0.166. The Hall–Kier alpha value is -3.39. The lowest BCUT2D eigenvalue weighted by Crippen LogP contribution is -2.17. The number of nitrogens with zero attached hydrogens (tertiary/aromatic N) is 1. The summed E-state index contributed by atoms with van der Waals surface area (Å²) in [6.45, 7) is 4.09. The fourth-order valence-corrected chi connectivity index (χ4v) is 3.79. The van der Waals surface area contributed by atoms with E-state index in [2.05, 4.69) is 17.1 Å². The third-order valence-corrected chi connectivity index (χ3v) is 5.67. The van der Waals surface area contributed by atoms with Crippen molar-refractivity contribution in [3.8, 4) is 23.0 Å². The third kappa shape index (κ3) is 7.07. The fourth-order valence-electron chi connectivity index (χ4n) is 3.05. The molecule has 10 heteroatoms. The summed E-state index contributed by atoms with van der Waals surface area (Å²) in [6, 6.07) is 13.2. The Morgan fingerprint density at radius 3 is 2.42 bits per heavy atom. The van der Waals surface area contributed by atoms with E-state index < -0.39 is 5.91 Å². The molecule has 0 aliphatic rings. The van der Waals surface area contributed by atoms with Crippen molar-refractivity contribution in [2.24, 2.45) is 5.10 Å². The van der Waals surface area contributed by atoms with Gasteiger partial charge in [-0.2, -0.15) is 5.10 Å². The number of methoxy groups -OCH3 is 2. The first-order chi connectivity index (χ1) is 17.4. The molecule has 0 saturated heterocycles. The lowest BCUT2D eigenvalue weighted by Gasteiger charge is -2.14. The molecule has 3 aromatic rings. The van der Waals surface area contributed by atoms with Crippen LogP contribution < -0.4 is 24.4 Å². The van der Waals surface area contributed by atoms with E-state index in [0.29, 0.717) is 55.8 Å². The molecule has 0 bridgehead atoms. The van der Waals surface area contributed by atoms with Gasteiger partial charge in [0.05, 0.1) is 25.5 Å². The van der Waals surface area contributed by atoms with Gasteiger partial charge in [-0.05, 0) is 48.0 Å². The highest BCUT2D eigenvalue weighted by Crippen LogP contribution is 2.37. The molecule has 3 rings (SSSR count). The molecule has 0 radical (unpaired) electrons. The van der Waals surface area contributed by atoms with E-state index in [4.69, 9.17) is 53.8 Å². The zero-order valence-electron chi connectivity index (χ0n) is 19.5. The smallest absolute Gasteiger partial charge is 0.271 e. The average molecular weight is 550 g/mol. The molecule has 0 heterocycles. The van der Waals surface area contributed by atoms with E-state index in [1.807, 2.05) is 0 Å². The molecular formula is C26H23Cl3N2O5. The highest BCUT2D eigenvalue weighted by atomic mass is 35.5. The molecule has 0 aliphatic heterocycles. The largest absolute Gasteiger partial charge is 0.493 e. The molecule has 7 nitrogen and oxygen atoms in total. The zero-order valence-corrected chi connectivity index (χ0v) is 21.8. The lowest BCUT2D eigenvalue weighted by molar-refractivity contribution is 0.0954. The minimum absolute atomic E-state index is 0.163. The van der Waals surface area contributed by atoms with Crippen LogP contribution in [0.15, 0.2) is 66.3 Å². The second kappa shape index (κ2) is 13.1. The van der Waals surface area contributed by atoms with E-state index >= 15 is 0 Å². The maximum Gasteiger partial charge on any atom is 0.271 e. The van der Waals surface area contributed by atoms with Gasteiger partial charge in [0.1, 0.15) is 13.2 Å². The maximum absolute atomic E-state index is 12.5. The SMILES string of the molecule is C=CCOc1ccc(C(=O)N/N=C/c2cc(Cl)c(OCc3ccc(Cl)cc3Cl)c(OC)c2)cc1OC. The van der Waals surface area contributed by atoms with E-state index in [1.54, 1.807) is 54.6 Å². The van der Waals surface area contributed by atoms with Gasteiger partial charge in [-0.3, -0.25) is 4.79 Å². The van der Waals surface area contributed by atoms with Crippen molar-refractivity contribution < 1.29 is 23.7 Å². The number of hydrogen-bond acceptors (Lipinski definition) is 6. The van der Waals surface area contributed by atoms with Crippen LogP contribution in [0, 0.1) is 0 Å². The van der Waals surface area contributed by atoms with Gasteiger partial charge in [-0.25, -0.2) is 5.43 Å². The second-order valence-electron chi connectivity index (χ2n) is 7.22. The zero-order chi connectivity index (χ0) is 26.1. The molecule has 0 saturated carbocycles. The molecule has 1 amide bonds. The number of carbonyl (C=O) groups is 1. The van der Waals surface area contributed by atoms with Crippen LogP contribution in [-0.2, 0) is 6.61 Å². The van der Waals surface area contributed by atoms with Crippen molar-refractivity contribution in [3.05, 3.63) is 92.9 Å². The molecule has 0 spiro atoms. The van der Waals surface area contributed by atoms with Gasteiger partial charge >= 0.3 is 0 Å². The van der Waals surface area contributed by atoms with Gasteiger partial charge < -0.3 is 18.9 Å². The summed E-state index contributed by atoms with van der Waals surface area (Å²) in [4.78, 5) is 12.5. The summed E-state index contributed by atoms with van der Waals surface area (Å²) < 4.78 is 22.1. The number of ether oxygens (including phenoxy) is 4. The number of carbonyl (C=O) groups excluding carboxylic acids is 1. The minimum atomic E-state index is -0.433. The van der Waals surface area contributed by atoms with Gasteiger partial charge in [-0.15, -0.1) is 0 Å². The molecule has 0 atom stereocenters. The Kier molecular flexibility index (Phi) is 9.87. The molecule has 0 aliphatic carbocycles. The topological polar surface area (TPSA) is 78.4 Å². The summed E-state index contributed by atoms with van der Waals surface area (Å²) in [5.41, 5.74) is 4.13. The summed E-state index contributed by atoms with van der Waals surface area (Å²) in [7, 11) is 2.98. The van der Waals surface area contributed by atoms with Crippen LogP contribution in [0.5, 0.6) is 23.0 Å². The number of rotatable bonds is 11. The predicted octanol–water partition coefficient (Wildman–Crippen LogP) is 6.57. The molecule has 0 aromatic heterocycles. The molecule has 1 N–H and O–H groups in total. The number of benzene rings is 3. The van der Waals surface area contributed by atoms with Crippen molar-refractivity contribution in [1.29, 1.82) is 0 Å². The van der Waals surface area contributed by atoms with Gasteiger partial charge in [0, 0.05) is 21.2 Å². The van der Waals surface area contributed by atoms with Crippen molar-refractivity contribution in [3.63, 3.8) is 0 Å². The summed E-state index contributed by atoms with van der Waals surface area (Å²) in [6.07, 6.45) is 3.05. The third-order valence-electron chi connectivity index (χ3n) is 4.80. The Balaban J connectivity index is 1.69. The second-order valence-corrected chi connectivity index (χ2v) is 8.47. The van der Waals surface area contributed by atoms with Crippen LogP contribution in [0.25, 0.3) is 0 Å². The van der Waals surface area contributed by atoms with E-state index in [9.17, 15) is 4.79 Å². The van der Waals surface area contributed by atoms with Crippen molar-refractivity contribution in [1.82, 2.24) is 5.43 Å². The van der Waals surface area contributed by atoms with E-state index in [1.165, 1.54) is 20.4 Å². The van der Waals surface area contributed by atoms with Crippen molar-refractivity contribution in [2.45, 2.75) is 6.61 Å². The van der Waals surface area contributed by atoms with E-state index in [0.717, 1.165) is 5.56 Å². The fraction of sp³-hybridized carbons (Fsp3) is 0.154. The number of hydrazone groups is 1. The van der Waals surface area contributed by atoms with Gasteiger partial charge in [0.2, 0.25) is 0 Å². The Labute approximate surface area is 224 Å². The first-order valence-corrected chi connectivity index (χ1v) is 11.7. The molecule has 188 valence electrons. The summed E-state index contributed by atoms with van der Waals surface area (Å²) in [5.74, 6) is 1.22. The van der Waals surface area contributed by atoms with Crippen LogP contribution in [0.1, 0.15) is 21.5 Å². The van der Waals surface area contributed by atoms with Crippen molar-refractivity contribution >= 4 is 46.9 Å². The molecule has 36 heavy (non-hydrogen) atoms. The molecular weight excluding hydrogens is 527 g/mol. The number of halogens is 3. The van der Waals surface area contributed by atoms with Gasteiger partial charge in [0.25, 0.3) is 5.91 Å². The highest BCUT2D eigenvalue weighted by Gasteiger charge is 2.14. The first kappa shape index (κ1) is 27.2. The molecule has 3 aromatic carbocycles. The lowest BCUT2D eigenvalue weighted by atomic mass is 10.2. The first-order valence-electron chi connectivity index (χ1n) is 10.6. The number of nitrogens with one attached hydrogen (secondary N) is 1. The van der Waals surface area contributed by atoms with Crippen LogP contribution in [-0.4, -0.2) is 32.9 Å². The number of amides is 1. The summed E-state index contributed by atoms with van der Waals surface area (Å²) in [5, 5.41) is 5.32. The Bertz CT molecular complexity index is 1280. The monoisotopic (exact) mass is 548 g/mol. The van der Waals surface area contributed by atoms with Crippen molar-refractivity contribution in [2.75, 3.05) is 20.8 Å². The van der Waals surface area contributed by atoms with Gasteiger partial charge in [0.15, 0.2) is 23.0 Å². The highest BCUT2D eigenvalue weighted by molar-refractivity contribution is 6.35. The maximum atomic E-state index is 12.5. The standard InChI is InChI=1S/C26H23Cl3N2O5/c1-4-9-35-22-8-6-17(12-23(22)33-2)26(32)31-30-14-16-10-21(29)25(24(11-16)34-3)36-15-18-5-7-19(27)13-20(18)28/h4-8,10-14H,1,9,15H2,2-3H3,(H,31,32)/b30-14+. The van der Waals surface area contributed by atoms with Gasteiger partial charge in [-0.1, -0.05) is 53.5 Å². The summed E-state index contributed by atoms with van der Waals surface area (Å²) >= 11 is 18.6. The van der Waals surface area contributed by atoms with Crippen LogP contribution in [0.2, 0.25) is 15.1 Å². The van der Waals surface area contributed by atoms with Crippen LogP contribution in [0.4, 0.5) is 0 Å². The predicted molar refractivity (Wildman–Crippen MR) is 143 cm³/mol.